The summed E-state index contributed by atoms with van der Waals surface area (Å²) in [7, 11) is 0.778. The summed E-state index contributed by atoms with van der Waals surface area (Å²) in [5.41, 5.74) is -3.71. The van der Waals surface area contributed by atoms with E-state index in [2.05, 4.69) is 15.5 Å². The van der Waals surface area contributed by atoms with Crippen LogP contribution in [0.25, 0.3) is 16.9 Å². The van der Waals surface area contributed by atoms with Gasteiger partial charge in [0.15, 0.2) is 11.5 Å². The largest absolute Gasteiger partial charge is 0.465 e. The number of aromatic nitrogens is 4. The van der Waals surface area contributed by atoms with Gasteiger partial charge in [0.05, 0.1) is 6.20 Å². The molecule has 2 N–H and O–H groups in total. The highest BCUT2D eigenvalue weighted by molar-refractivity contribution is 5.65. The van der Waals surface area contributed by atoms with Gasteiger partial charge in [-0.3, -0.25) is 0 Å². The van der Waals surface area contributed by atoms with Crippen LogP contribution in [0, 0.1) is 0 Å². The zero-order valence-electron chi connectivity index (χ0n) is 16.3. The van der Waals surface area contributed by atoms with Crippen molar-refractivity contribution in [3.8, 4) is 16.9 Å². The van der Waals surface area contributed by atoms with E-state index in [-0.39, 0.29) is 16.8 Å². The Hall–Kier alpha value is -3.65. The highest BCUT2D eigenvalue weighted by atomic mass is 19.4. The molecule has 0 radical (unpaired) electrons. The molecule has 0 aliphatic heterocycles. The number of benzene rings is 1. The molecular formula is C18H13F8N5O2. The minimum atomic E-state index is -6.31. The molecule has 0 fully saturated rings. The number of nitrogens with one attached hydrogen (secondary N) is 1. The van der Waals surface area contributed by atoms with Crippen molar-refractivity contribution in [2.24, 2.45) is 7.05 Å². The minimum absolute atomic E-state index is 0.0762. The maximum atomic E-state index is 13.8. The summed E-state index contributed by atoms with van der Waals surface area (Å²) in [4.78, 5) is 10.6. The van der Waals surface area contributed by atoms with E-state index >= 15 is 0 Å². The predicted molar refractivity (Wildman–Crippen MR) is 95.6 cm³/mol. The zero-order valence-corrected chi connectivity index (χ0v) is 16.3. The number of nitrogens with zero attached hydrogens (tertiary/aromatic N) is 4. The summed E-state index contributed by atoms with van der Waals surface area (Å²) < 4.78 is 108. The number of hydrogen-bond donors (Lipinski definition) is 2. The van der Waals surface area contributed by atoms with Crippen molar-refractivity contribution in [3.05, 3.63) is 53.5 Å². The van der Waals surface area contributed by atoms with Gasteiger partial charge < -0.3 is 10.4 Å². The molecule has 15 heteroatoms. The number of hydrogen-bond acceptors (Lipinski definition) is 3. The van der Waals surface area contributed by atoms with Crippen LogP contribution in [-0.2, 0) is 25.7 Å². The van der Waals surface area contributed by atoms with E-state index in [1.807, 2.05) is 0 Å². The molecule has 0 bridgehead atoms. The van der Waals surface area contributed by atoms with Crippen LogP contribution in [-0.4, -0.2) is 36.9 Å². The number of amides is 1. The van der Waals surface area contributed by atoms with Crippen LogP contribution >= 0.6 is 0 Å². The van der Waals surface area contributed by atoms with Gasteiger partial charge in [-0.15, -0.1) is 0 Å². The Morgan fingerprint density at radius 2 is 1.76 bits per heavy atom. The highest BCUT2D eigenvalue weighted by Crippen LogP contribution is 2.49. The van der Waals surface area contributed by atoms with E-state index in [4.69, 9.17) is 5.11 Å². The molecule has 3 rings (SSSR count). The lowest BCUT2D eigenvalue weighted by molar-refractivity contribution is -0.292. The van der Waals surface area contributed by atoms with Crippen molar-refractivity contribution in [1.29, 1.82) is 0 Å². The molecule has 0 saturated carbocycles. The monoisotopic (exact) mass is 483 g/mol. The zero-order chi connectivity index (χ0) is 24.8. The predicted octanol–water partition coefficient (Wildman–Crippen LogP) is 4.71. The second kappa shape index (κ2) is 8.04. The van der Waals surface area contributed by atoms with Gasteiger partial charge in [-0.25, -0.2) is 14.2 Å². The minimum Gasteiger partial charge on any atom is -0.465 e. The fourth-order valence-electron chi connectivity index (χ4n) is 3.02. The number of carbonyl (C=O) groups is 1. The number of aryl methyl sites for hydroxylation is 1. The van der Waals surface area contributed by atoms with Gasteiger partial charge in [-0.05, 0) is 17.2 Å². The van der Waals surface area contributed by atoms with Gasteiger partial charge >= 0.3 is 24.4 Å². The van der Waals surface area contributed by atoms with Crippen LogP contribution in [0.15, 0.2) is 36.7 Å². The summed E-state index contributed by atoms with van der Waals surface area (Å²) in [5, 5.41) is 17.3. The van der Waals surface area contributed by atoms with Crippen LogP contribution in [0.4, 0.5) is 39.9 Å². The molecule has 1 aromatic carbocycles. The number of carboxylic acid groups (broad SMARTS) is 1. The van der Waals surface area contributed by atoms with Gasteiger partial charge in [0.25, 0.3) is 0 Å². The Labute approximate surface area is 179 Å². The van der Waals surface area contributed by atoms with Crippen molar-refractivity contribution >= 4 is 6.09 Å². The fourth-order valence-corrected chi connectivity index (χ4v) is 3.02. The van der Waals surface area contributed by atoms with E-state index in [9.17, 15) is 39.9 Å². The molecule has 0 unspecified atom stereocenters. The molecular weight excluding hydrogens is 470 g/mol. The number of rotatable bonds is 5. The molecule has 178 valence electrons. The first-order valence-corrected chi connectivity index (χ1v) is 8.83. The first-order chi connectivity index (χ1) is 15.1. The van der Waals surface area contributed by atoms with E-state index in [0.29, 0.717) is 15.8 Å². The van der Waals surface area contributed by atoms with Crippen molar-refractivity contribution in [1.82, 2.24) is 24.9 Å². The van der Waals surface area contributed by atoms with E-state index in [0.717, 1.165) is 19.4 Å². The number of alkyl halides is 8. The van der Waals surface area contributed by atoms with Crippen molar-refractivity contribution in [2.75, 3.05) is 0 Å². The van der Waals surface area contributed by atoms with Gasteiger partial charge in [0, 0.05) is 25.4 Å². The van der Waals surface area contributed by atoms with E-state index in [1.165, 1.54) is 18.2 Å². The van der Waals surface area contributed by atoms with Crippen molar-refractivity contribution < 1.29 is 45.0 Å². The molecule has 7 nitrogen and oxygen atoms in total. The highest BCUT2D eigenvalue weighted by Gasteiger charge is 2.64. The lowest BCUT2D eigenvalue weighted by atomic mass is 10.1. The Balaban J connectivity index is 2.10. The summed E-state index contributed by atoms with van der Waals surface area (Å²) in [6, 6.07) is 6.11. The van der Waals surface area contributed by atoms with Crippen LogP contribution in [0.2, 0.25) is 0 Å². The smallest absolute Gasteiger partial charge is 0.459 e. The van der Waals surface area contributed by atoms with Crippen LogP contribution in [0.5, 0.6) is 0 Å². The van der Waals surface area contributed by atoms with Crippen molar-refractivity contribution in [3.63, 3.8) is 0 Å². The van der Waals surface area contributed by atoms with E-state index in [1.54, 1.807) is 6.07 Å². The molecule has 0 saturated heterocycles. The number of halogens is 8. The Morgan fingerprint density at radius 1 is 1.09 bits per heavy atom. The second-order valence-corrected chi connectivity index (χ2v) is 6.77. The SMILES string of the molecule is Cn1nc(C(F)(F)C(F)(F)F)c(C(F)(F)F)c1-n1cc(-c2cccc(CNC(=O)O)c2)cn1. The standard InChI is InChI=1S/C18H13F8N5O2/c1-30-14(12(17(21,22)23)13(29-30)16(19,20)18(24,25)26)31-8-11(7-28-31)10-4-2-3-9(5-10)6-27-15(32)33/h2-5,7-8,27H,6H2,1H3,(H,32,33). The second-order valence-electron chi connectivity index (χ2n) is 6.77. The third-order valence-corrected chi connectivity index (χ3v) is 4.46. The molecule has 0 atom stereocenters. The normalized spacial score (nSPS) is 12.8. The first kappa shape index (κ1) is 24.0. The molecule has 1 amide bonds. The topological polar surface area (TPSA) is 85.0 Å². The molecule has 33 heavy (non-hydrogen) atoms. The molecule has 0 spiro atoms. The lowest BCUT2D eigenvalue weighted by Gasteiger charge is -2.19. The maximum Gasteiger partial charge on any atom is 0.459 e. The quantitative estimate of drug-likeness (QED) is 0.515. The third kappa shape index (κ3) is 4.61. The average Bonchev–Trinajstić information content (AvgIpc) is 3.30. The van der Waals surface area contributed by atoms with Crippen molar-refractivity contribution in [2.45, 2.75) is 24.8 Å². The van der Waals surface area contributed by atoms with Gasteiger partial charge in [-0.1, -0.05) is 18.2 Å². The molecule has 0 aliphatic carbocycles. The van der Waals surface area contributed by atoms with Gasteiger partial charge in [-0.2, -0.15) is 45.3 Å². The van der Waals surface area contributed by atoms with Crippen LogP contribution in [0.3, 0.4) is 0 Å². The van der Waals surface area contributed by atoms with E-state index < -0.39 is 41.4 Å². The van der Waals surface area contributed by atoms with Crippen LogP contribution < -0.4 is 5.32 Å². The Bertz CT molecular complexity index is 1180. The summed E-state index contributed by atoms with van der Waals surface area (Å²) >= 11 is 0. The summed E-state index contributed by atoms with van der Waals surface area (Å²) in [6.45, 7) is -0.0762. The first-order valence-electron chi connectivity index (χ1n) is 8.83. The average molecular weight is 483 g/mol. The Morgan fingerprint density at radius 3 is 2.33 bits per heavy atom. The van der Waals surface area contributed by atoms with Gasteiger partial charge in [0.2, 0.25) is 0 Å². The molecule has 2 heterocycles. The fraction of sp³-hybridized carbons (Fsp3) is 0.278. The summed E-state index contributed by atoms with van der Waals surface area (Å²) in [5.74, 6) is -7.01. The molecule has 0 aliphatic rings. The molecule has 3 aromatic rings. The Kier molecular flexibility index (Phi) is 5.85. The molecule has 2 aromatic heterocycles. The van der Waals surface area contributed by atoms with Gasteiger partial charge in [0.1, 0.15) is 5.56 Å². The van der Waals surface area contributed by atoms with Crippen LogP contribution in [0.1, 0.15) is 16.8 Å². The summed E-state index contributed by atoms with van der Waals surface area (Å²) in [6.07, 6.45) is -11.1. The third-order valence-electron chi connectivity index (χ3n) is 4.46. The lowest BCUT2D eigenvalue weighted by Crippen LogP contribution is -2.36. The maximum absolute atomic E-state index is 13.8.